The molecule has 0 aromatic carbocycles. The summed E-state index contributed by atoms with van der Waals surface area (Å²) in [4.78, 5) is 9.02. The van der Waals surface area contributed by atoms with Crippen LogP contribution < -0.4 is 5.32 Å². The second-order valence-electron chi connectivity index (χ2n) is 3.65. The van der Waals surface area contributed by atoms with Crippen molar-refractivity contribution in [1.29, 1.82) is 0 Å². The molecule has 2 aromatic heterocycles. The van der Waals surface area contributed by atoms with Gasteiger partial charge in [-0.15, -0.1) is 0 Å². The van der Waals surface area contributed by atoms with Crippen LogP contribution in [0.2, 0.25) is 0 Å². The molecule has 0 aliphatic carbocycles. The van der Waals surface area contributed by atoms with Crippen molar-refractivity contribution in [3.05, 3.63) is 28.3 Å². The maximum absolute atomic E-state index is 5.28. The Balaban J connectivity index is 2.60. The topological polar surface area (TPSA) is 51.0 Å². The summed E-state index contributed by atoms with van der Waals surface area (Å²) in [6, 6.07) is 1.89. The average molecular weight is 296 g/mol. The summed E-state index contributed by atoms with van der Waals surface area (Å²) in [6.07, 6.45) is 2.50. The van der Waals surface area contributed by atoms with Gasteiger partial charge in [0.15, 0.2) is 5.82 Å². The van der Waals surface area contributed by atoms with Crippen molar-refractivity contribution >= 4 is 21.7 Å². The molecule has 0 aliphatic heterocycles. The van der Waals surface area contributed by atoms with Crippen molar-refractivity contribution in [3.8, 4) is 11.4 Å². The van der Waals surface area contributed by atoms with E-state index in [0.717, 1.165) is 33.7 Å². The number of nitrogens with zero attached hydrogens (tertiary/aromatic N) is 2. The van der Waals surface area contributed by atoms with Gasteiger partial charge in [-0.2, -0.15) is 0 Å². The Bertz CT molecular complexity index is 511. The summed E-state index contributed by atoms with van der Waals surface area (Å²) >= 11 is 3.51. The number of aryl methyl sites for hydroxylation is 2. The van der Waals surface area contributed by atoms with E-state index >= 15 is 0 Å². The van der Waals surface area contributed by atoms with Crippen LogP contribution in [0, 0.1) is 6.92 Å². The number of hydrogen-bond acceptors (Lipinski definition) is 4. The molecule has 4 nitrogen and oxygen atoms in total. The highest BCUT2D eigenvalue weighted by Gasteiger charge is 2.14. The quantitative estimate of drug-likeness (QED) is 0.943. The van der Waals surface area contributed by atoms with Gasteiger partial charge in [-0.25, -0.2) is 9.97 Å². The molecule has 0 atom stereocenters. The molecule has 17 heavy (non-hydrogen) atoms. The Kier molecular flexibility index (Phi) is 3.47. The van der Waals surface area contributed by atoms with Gasteiger partial charge in [0.05, 0.1) is 22.0 Å². The second kappa shape index (κ2) is 4.87. The molecule has 2 rings (SSSR count). The molecule has 1 N–H and O–H groups in total. The van der Waals surface area contributed by atoms with E-state index in [0.29, 0.717) is 5.82 Å². The largest absolute Gasteiger partial charge is 0.469 e. The fraction of sp³-hybridized carbons (Fsp3) is 0.333. The van der Waals surface area contributed by atoms with Gasteiger partial charge in [0.2, 0.25) is 0 Å². The van der Waals surface area contributed by atoms with Crippen LogP contribution in [-0.2, 0) is 6.42 Å². The van der Waals surface area contributed by atoms with E-state index in [1.165, 1.54) is 0 Å². The molecular weight excluding hydrogens is 282 g/mol. The van der Waals surface area contributed by atoms with Crippen molar-refractivity contribution in [2.24, 2.45) is 0 Å². The van der Waals surface area contributed by atoms with E-state index in [-0.39, 0.29) is 0 Å². The predicted molar refractivity (Wildman–Crippen MR) is 71.1 cm³/mol. The Morgan fingerprint density at radius 1 is 1.41 bits per heavy atom. The smallest absolute Gasteiger partial charge is 0.165 e. The van der Waals surface area contributed by atoms with Gasteiger partial charge >= 0.3 is 0 Å². The number of nitrogens with one attached hydrogen (secondary N) is 1. The third-order valence-electron chi connectivity index (χ3n) is 2.59. The molecule has 0 amide bonds. The summed E-state index contributed by atoms with van der Waals surface area (Å²) < 4.78 is 6.21. The van der Waals surface area contributed by atoms with E-state index in [2.05, 4.69) is 38.1 Å². The molecule has 0 saturated carbocycles. The van der Waals surface area contributed by atoms with Crippen molar-refractivity contribution < 1.29 is 4.42 Å². The maximum Gasteiger partial charge on any atom is 0.165 e. The highest BCUT2D eigenvalue weighted by atomic mass is 79.9. The lowest BCUT2D eigenvalue weighted by molar-refractivity contribution is 0.535. The van der Waals surface area contributed by atoms with E-state index < -0.39 is 0 Å². The average Bonchev–Trinajstić information content (AvgIpc) is 2.76. The zero-order valence-electron chi connectivity index (χ0n) is 10.0. The van der Waals surface area contributed by atoms with Crippen LogP contribution in [0.5, 0.6) is 0 Å². The number of halogens is 1. The molecule has 0 bridgehead atoms. The van der Waals surface area contributed by atoms with Gasteiger partial charge in [0.1, 0.15) is 11.6 Å². The van der Waals surface area contributed by atoms with Crippen LogP contribution in [0.3, 0.4) is 0 Å². The van der Waals surface area contributed by atoms with Crippen LogP contribution in [0.4, 0.5) is 5.82 Å². The third kappa shape index (κ3) is 2.20. The highest BCUT2D eigenvalue weighted by molar-refractivity contribution is 9.10. The van der Waals surface area contributed by atoms with Crippen molar-refractivity contribution in [3.63, 3.8) is 0 Å². The molecular formula is C12H14BrN3O. The van der Waals surface area contributed by atoms with E-state index in [9.17, 15) is 0 Å². The molecule has 0 aliphatic rings. The number of aromatic nitrogens is 2. The molecule has 0 radical (unpaired) electrons. The van der Waals surface area contributed by atoms with Crippen LogP contribution in [0.1, 0.15) is 18.4 Å². The molecule has 90 valence electrons. The summed E-state index contributed by atoms with van der Waals surface area (Å²) in [6.45, 7) is 3.98. The molecule has 0 unspecified atom stereocenters. The second-order valence-corrected chi connectivity index (χ2v) is 4.44. The minimum Gasteiger partial charge on any atom is -0.469 e. The fourth-order valence-electron chi connectivity index (χ4n) is 1.63. The lowest BCUT2D eigenvalue weighted by atomic mass is 10.2. The lowest BCUT2D eigenvalue weighted by Crippen LogP contribution is -2.02. The van der Waals surface area contributed by atoms with Crippen LogP contribution in [-0.4, -0.2) is 17.0 Å². The summed E-state index contributed by atoms with van der Waals surface area (Å²) in [5.41, 5.74) is 1.92. The first-order chi connectivity index (χ1) is 8.17. The number of hydrogen-bond donors (Lipinski definition) is 1. The number of furan rings is 1. The van der Waals surface area contributed by atoms with Gasteiger partial charge in [-0.1, -0.05) is 6.92 Å². The summed E-state index contributed by atoms with van der Waals surface area (Å²) in [5, 5.41) is 3.06. The SMILES string of the molecule is CCc1nc(-c2ccoc2C)nc(NC)c1Br. The summed E-state index contributed by atoms with van der Waals surface area (Å²) in [7, 11) is 1.85. The van der Waals surface area contributed by atoms with Gasteiger partial charge in [0.25, 0.3) is 0 Å². The monoisotopic (exact) mass is 295 g/mol. The third-order valence-corrected chi connectivity index (χ3v) is 3.42. The molecule has 0 fully saturated rings. The van der Waals surface area contributed by atoms with E-state index in [1.807, 2.05) is 20.0 Å². The Hall–Kier alpha value is -1.36. The van der Waals surface area contributed by atoms with Gasteiger partial charge in [-0.3, -0.25) is 0 Å². The zero-order chi connectivity index (χ0) is 12.4. The minimum atomic E-state index is 0.695. The maximum atomic E-state index is 5.28. The van der Waals surface area contributed by atoms with Crippen molar-refractivity contribution in [2.75, 3.05) is 12.4 Å². The van der Waals surface area contributed by atoms with E-state index in [1.54, 1.807) is 6.26 Å². The van der Waals surface area contributed by atoms with E-state index in [4.69, 9.17) is 4.42 Å². The molecule has 5 heteroatoms. The first-order valence-electron chi connectivity index (χ1n) is 5.46. The lowest BCUT2D eigenvalue weighted by Gasteiger charge is -2.09. The summed E-state index contributed by atoms with van der Waals surface area (Å²) in [5.74, 6) is 2.32. The Morgan fingerprint density at radius 3 is 2.71 bits per heavy atom. The van der Waals surface area contributed by atoms with Crippen molar-refractivity contribution in [2.45, 2.75) is 20.3 Å². The standard InChI is InChI=1S/C12H14BrN3O/c1-4-9-10(13)12(14-3)16-11(15-9)8-5-6-17-7(8)2/h5-6H,4H2,1-3H3,(H,14,15,16). The van der Waals surface area contributed by atoms with Crippen LogP contribution >= 0.6 is 15.9 Å². The predicted octanol–water partition coefficient (Wildman–Crippen LogP) is 3.41. The van der Waals surface area contributed by atoms with Crippen LogP contribution in [0.15, 0.2) is 21.2 Å². The highest BCUT2D eigenvalue weighted by Crippen LogP contribution is 2.28. The zero-order valence-corrected chi connectivity index (χ0v) is 11.6. The molecule has 0 saturated heterocycles. The number of anilines is 1. The minimum absolute atomic E-state index is 0.695. The first kappa shape index (κ1) is 12.1. The molecule has 0 spiro atoms. The Morgan fingerprint density at radius 2 is 2.18 bits per heavy atom. The van der Waals surface area contributed by atoms with Gasteiger partial charge < -0.3 is 9.73 Å². The molecule has 2 aromatic rings. The first-order valence-corrected chi connectivity index (χ1v) is 6.25. The Labute approximate surface area is 109 Å². The normalized spacial score (nSPS) is 10.6. The van der Waals surface area contributed by atoms with Crippen LogP contribution in [0.25, 0.3) is 11.4 Å². The number of rotatable bonds is 3. The van der Waals surface area contributed by atoms with Gasteiger partial charge in [-0.05, 0) is 35.3 Å². The van der Waals surface area contributed by atoms with Gasteiger partial charge in [0, 0.05) is 7.05 Å². The molecule has 2 heterocycles. The van der Waals surface area contributed by atoms with Crippen molar-refractivity contribution in [1.82, 2.24) is 9.97 Å². The fourth-order valence-corrected chi connectivity index (χ4v) is 2.29.